The molecular weight excluding hydrogens is 184 g/mol. The monoisotopic (exact) mass is 204 g/mol. The van der Waals surface area contributed by atoms with Crippen molar-refractivity contribution >= 4 is 0 Å². The van der Waals surface area contributed by atoms with Crippen LogP contribution in [0.15, 0.2) is 18.2 Å². The van der Waals surface area contributed by atoms with E-state index in [-0.39, 0.29) is 0 Å². The van der Waals surface area contributed by atoms with Gasteiger partial charge in [0.15, 0.2) is 0 Å². The van der Waals surface area contributed by atoms with Crippen LogP contribution in [0, 0.1) is 12.8 Å². The summed E-state index contributed by atoms with van der Waals surface area (Å²) in [7, 11) is 0. The summed E-state index contributed by atoms with van der Waals surface area (Å²) < 4.78 is 0. The topological polar surface area (TPSA) is 24.9 Å². The van der Waals surface area contributed by atoms with E-state index in [1.165, 1.54) is 25.7 Å². The lowest BCUT2D eigenvalue weighted by Crippen LogP contribution is -2.21. The number of nitrogens with one attached hydrogen (secondary N) is 1. The van der Waals surface area contributed by atoms with E-state index in [1.807, 2.05) is 13.0 Å². The van der Waals surface area contributed by atoms with Gasteiger partial charge in [-0.1, -0.05) is 18.9 Å². The molecule has 0 radical (unpaired) electrons. The van der Waals surface area contributed by atoms with Crippen molar-refractivity contribution in [1.82, 2.24) is 10.3 Å². The van der Waals surface area contributed by atoms with Gasteiger partial charge in [0.1, 0.15) is 0 Å². The highest BCUT2D eigenvalue weighted by atomic mass is 14.9. The van der Waals surface area contributed by atoms with E-state index in [1.54, 1.807) is 0 Å². The Morgan fingerprint density at radius 1 is 1.33 bits per heavy atom. The molecule has 1 fully saturated rings. The Balaban J connectivity index is 1.73. The van der Waals surface area contributed by atoms with Crippen molar-refractivity contribution in [3.05, 3.63) is 29.6 Å². The van der Waals surface area contributed by atoms with Crippen molar-refractivity contribution in [2.24, 2.45) is 5.92 Å². The van der Waals surface area contributed by atoms with Crippen LogP contribution in [-0.4, -0.2) is 11.5 Å². The fraction of sp³-hybridized carbons (Fsp3) is 0.615. The zero-order valence-corrected chi connectivity index (χ0v) is 9.50. The van der Waals surface area contributed by atoms with Gasteiger partial charge in [0.05, 0.1) is 5.69 Å². The van der Waals surface area contributed by atoms with Gasteiger partial charge < -0.3 is 5.32 Å². The van der Waals surface area contributed by atoms with Gasteiger partial charge in [-0.25, -0.2) is 0 Å². The van der Waals surface area contributed by atoms with Crippen molar-refractivity contribution in [1.29, 1.82) is 0 Å². The summed E-state index contributed by atoms with van der Waals surface area (Å²) in [5.74, 6) is 0.912. The molecule has 1 aliphatic carbocycles. The first-order valence-corrected chi connectivity index (χ1v) is 5.98. The molecule has 1 saturated carbocycles. The predicted octanol–water partition coefficient (Wildman–Crippen LogP) is 2.67. The second-order valence-electron chi connectivity index (χ2n) is 4.55. The number of pyridine rings is 1. The number of hydrogen-bond acceptors (Lipinski definition) is 2. The zero-order valence-electron chi connectivity index (χ0n) is 9.50. The van der Waals surface area contributed by atoms with Gasteiger partial charge in [-0.3, -0.25) is 4.98 Å². The van der Waals surface area contributed by atoms with Gasteiger partial charge in [0, 0.05) is 12.2 Å². The van der Waals surface area contributed by atoms with E-state index in [2.05, 4.69) is 22.4 Å². The van der Waals surface area contributed by atoms with Crippen LogP contribution < -0.4 is 5.32 Å². The molecule has 0 atom stereocenters. The maximum Gasteiger partial charge on any atom is 0.0544 e. The van der Waals surface area contributed by atoms with Crippen LogP contribution in [0.3, 0.4) is 0 Å². The molecule has 1 heterocycles. The van der Waals surface area contributed by atoms with Crippen LogP contribution in [0.2, 0.25) is 0 Å². The van der Waals surface area contributed by atoms with E-state index >= 15 is 0 Å². The number of rotatable bonds is 4. The van der Waals surface area contributed by atoms with Gasteiger partial charge in [0.2, 0.25) is 0 Å². The van der Waals surface area contributed by atoms with Crippen LogP contribution in [0.4, 0.5) is 0 Å². The predicted molar refractivity (Wildman–Crippen MR) is 62.6 cm³/mol. The molecular formula is C13H20N2. The van der Waals surface area contributed by atoms with Crippen LogP contribution in [0.5, 0.6) is 0 Å². The molecule has 82 valence electrons. The molecule has 0 aromatic carbocycles. The minimum absolute atomic E-state index is 0.912. The van der Waals surface area contributed by atoms with Crippen molar-refractivity contribution in [3.63, 3.8) is 0 Å². The van der Waals surface area contributed by atoms with Gasteiger partial charge in [-0.05, 0) is 44.4 Å². The fourth-order valence-electron chi connectivity index (χ4n) is 2.32. The SMILES string of the molecule is Cc1cccc(CNCC2CCCC2)n1. The molecule has 2 heteroatoms. The van der Waals surface area contributed by atoms with Crippen LogP contribution in [0.25, 0.3) is 0 Å². The third kappa shape index (κ3) is 3.31. The first-order valence-electron chi connectivity index (χ1n) is 5.98. The summed E-state index contributed by atoms with van der Waals surface area (Å²) in [4.78, 5) is 4.47. The molecule has 0 saturated heterocycles. The Bertz CT molecular complexity index is 303. The average Bonchev–Trinajstić information content (AvgIpc) is 2.71. The standard InChI is InChI=1S/C13H20N2/c1-11-5-4-8-13(15-11)10-14-9-12-6-2-3-7-12/h4-5,8,12,14H,2-3,6-7,9-10H2,1H3. The Morgan fingerprint density at radius 3 is 2.87 bits per heavy atom. The van der Waals surface area contributed by atoms with Crippen LogP contribution >= 0.6 is 0 Å². The van der Waals surface area contributed by atoms with Crippen LogP contribution in [-0.2, 0) is 6.54 Å². The fourth-order valence-corrected chi connectivity index (χ4v) is 2.32. The molecule has 0 spiro atoms. The largest absolute Gasteiger partial charge is 0.311 e. The minimum atomic E-state index is 0.912. The van der Waals surface area contributed by atoms with Gasteiger partial charge in [-0.2, -0.15) is 0 Å². The van der Waals surface area contributed by atoms with E-state index in [9.17, 15) is 0 Å². The number of hydrogen-bond donors (Lipinski definition) is 1. The average molecular weight is 204 g/mol. The lowest BCUT2D eigenvalue weighted by molar-refractivity contribution is 0.487. The van der Waals surface area contributed by atoms with Gasteiger partial charge in [0.25, 0.3) is 0 Å². The Morgan fingerprint density at radius 2 is 2.13 bits per heavy atom. The summed E-state index contributed by atoms with van der Waals surface area (Å²) >= 11 is 0. The molecule has 1 N–H and O–H groups in total. The van der Waals surface area contributed by atoms with E-state index in [4.69, 9.17) is 0 Å². The summed E-state index contributed by atoms with van der Waals surface area (Å²) in [6.07, 6.45) is 5.67. The first-order chi connectivity index (χ1) is 7.34. The number of aryl methyl sites for hydroxylation is 1. The molecule has 1 aromatic heterocycles. The van der Waals surface area contributed by atoms with Gasteiger partial charge >= 0.3 is 0 Å². The smallest absolute Gasteiger partial charge is 0.0544 e. The van der Waals surface area contributed by atoms with E-state index in [0.29, 0.717) is 0 Å². The number of aromatic nitrogens is 1. The lowest BCUT2D eigenvalue weighted by Gasteiger charge is -2.10. The summed E-state index contributed by atoms with van der Waals surface area (Å²) in [5, 5.41) is 3.51. The first kappa shape index (κ1) is 10.6. The highest BCUT2D eigenvalue weighted by molar-refractivity contribution is 5.09. The molecule has 1 aliphatic rings. The Labute approximate surface area is 92.1 Å². The van der Waals surface area contributed by atoms with Gasteiger partial charge in [-0.15, -0.1) is 0 Å². The summed E-state index contributed by atoms with van der Waals surface area (Å²) in [6.45, 7) is 4.12. The number of nitrogens with zero attached hydrogens (tertiary/aromatic N) is 1. The Kier molecular flexibility index (Phi) is 3.73. The molecule has 0 unspecified atom stereocenters. The summed E-state index contributed by atoms with van der Waals surface area (Å²) in [6, 6.07) is 6.21. The lowest BCUT2D eigenvalue weighted by atomic mass is 10.1. The molecule has 0 bridgehead atoms. The van der Waals surface area contributed by atoms with E-state index in [0.717, 1.165) is 30.4 Å². The molecule has 0 aliphatic heterocycles. The molecule has 1 aromatic rings. The molecule has 2 rings (SSSR count). The normalized spacial score (nSPS) is 17.1. The van der Waals surface area contributed by atoms with E-state index < -0.39 is 0 Å². The maximum absolute atomic E-state index is 4.47. The maximum atomic E-state index is 4.47. The molecule has 15 heavy (non-hydrogen) atoms. The van der Waals surface area contributed by atoms with Crippen molar-refractivity contribution in [3.8, 4) is 0 Å². The highest BCUT2D eigenvalue weighted by Crippen LogP contribution is 2.23. The molecule has 0 amide bonds. The van der Waals surface area contributed by atoms with Crippen molar-refractivity contribution in [2.75, 3.05) is 6.54 Å². The molecule has 2 nitrogen and oxygen atoms in total. The Hall–Kier alpha value is -0.890. The highest BCUT2D eigenvalue weighted by Gasteiger charge is 2.13. The van der Waals surface area contributed by atoms with Crippen LogP contribution in [0.1, 0.15) is 37.1 Å². The van der Waals surface area contributed by atoms with Crippen molar-refractivity contribution in [2.45, 2.75) is 39.2 Å². The second kappa shape index (κ2) is 5.26. The summed E-state index contributed by atoms with van der Waals surface area (Å²) in [5.41, 5.74) is 2.27. The third-order valence-corrected chi connectivity index (χ3v) is 3.16. The quantitative estimate of drug-likeness (QED) is 0.815. The minimum Gasteiger partial charge on any atom is -0.311 e. The van der Waals surface area contributed by atoms with Crippen molar-refractivity contribution < 1.29 is 0 Å². The third-order valence-electron chi connectivity index (χ3n) is 3.16. The second-order valence-corrected chi connectivity index (χ2v) is 4.55. The zero-order chi connectivity index (χ0) is 10.5.